The van der Waals surface area contributed by atoms with Crippen LogP contribution >= 0.6 is 0 Å². The van der Waals surface area contributed by atoms with Gasteiger partial charge < -0.3 is 0 Å². The summed E-state index contributed by atoms with van der Waals surface area (Å²) < 4.78 is 14.0. The first-order chi connectivity index (χ1) is 8.25. The summed E-state index contributed by atoms with van der Waals surface area (Å²) in [6.07, 6.45) is 8.49. The van der Waals surface area contributed by atoms with E-state index in [2.05, 4.69) is 6.92 Å². The van der Waals surface area contributed by atoms with Crippen molar-refractivity contribution in [3.8, 4) is 0 Å². The van der Waals surface area contributed by atoms with Gasteiger partial charge in [0.25, 0.3) is 0 Å². The lowest BCUT2D eigenvalue weighted by molar-refractivity contribution is 0.555. The summed E-state index contributed by atoms with van der Waals surface area (Å²) in [6, 6.07) is 3.72. The Balaban J connectivity index is 1.90. The zero-order valence-electron chi connectivity index (χ0n) is 10.6. The highest BCUT2D eigenvalue weighted by molar-refractivity contribution is 5.40. The van der Waals surface area contributed by atoms with E-state index >= 15 is 0 Å². The van der Waals surface area contributed by atoms with Crippen LogP contribution in [0, 0.1) is 11.7 Å². The highest BCUT2D eigenvalue weighted by Crippen LogP contribution is 2.37. The summed E-state index contributed by atoms with van der Waals surface area (Å²) in [4.78, 5) is 0. The number of fused-ring (bicyclic) bond motifs is 1. The zero-order chi connectivity index (χ0) is 11.8. The van der Waals surface area contributed by atoms with E-state index < -0.39 is 0 Å². The summed E-state index contributed by atoms with van der Waals surface area (Å²) in [6.45, 7) is 2.28. The second kappa shape index (κ2) is 4.44. The first kappa shape index (κ1) is 11.3. The van der Waals surface area contributed by atoms with Crippen molar-refractivity contribution in [1.29, 1.82) is 0 Å². The maximum atomic E-state index is 14.0. The molecule has 0 N–H and O–H groups in total. The average molecular weight is 232 g/mol. The smallest absolute Gasteiger partial charge is 0.126 e. The summed E-state index contributed by atoms with van der Waals surface area (Å²) in [5.41, 5.74) is 3.81. The molecule has 0 bridgehead atoms. The Morgan fingerprint density at radius 2 is 2.06 bits per heavy atom. The lowest BCUT2D eigenvalue weighted by Gasteiger charge is -2.25. The Hall–Kier alpha value is -0.850. The second-order valence-electron chi connectivity index (χ2n) is 5.87. The molecule has 0 saturated heterocycles. The van der Waals surface area contributed by atoms with Crippen LogP contribution in [0.25, 0.3) is 0 Å². The Morgan fingerprint density at radius 1 is 1.24 bits per heavy atom. The molecule has 1 aromatic carbocycles. The van der Waals surface area contributed by atoms with Crippen molar-refractivity contribution in [3.05, 3.63) is 34.6 Å². The molecule has 2 aliphatic rings. The molecule has 0 aliphatic heterocycles. The highest BCUT2D eigenvalue weighted by atomic mass is 19.1. The number of hydrogen-bond acceptors (Lipinski definition) is 0. The fourth-order valence-electron chi connectivity index (χ4n) is 3.21. The van der Waals surface area contributed by atoms with Crippen LogP contribution in [-0.2, 0) is 12.8 Å². The minimum Gasteiger partial charge on any atom is -0.207 e. The predicted octanol–water partition coefficient (Wildman–Crippen LogP) is 4.61. The van der Waals surface area contributed by atoms with Crippen LogP contribution in [0.4, 0.5) is 4.39 Å². The first-order valence-corrected chi connectivity index (χ1v) is 7.06. The molecule has 1 aromatic rings. The van der Waals surface area contributed by atoms with E-state index in [0.717, 1.165) is 24.3 Å². The number of hydrogen-bond donors (Lipinski definition) is 0. The maximum Gasteiger partial charge on any atom is 0.126 e. The molecule has 3 rings (SSSR count). The lowest BCUT2D eigenvalue weighted by atomic mass is 9.80. The van der Waals surface area contributed by atoms with Crippen LogP contribution in [0.3, 0.4) is 0 Å². The maximum absolute atomic E-state index is 14.0. The minimum absolute atomic E-state index is 0.0403. The van der Waals surface area contributed by atoms with Gasteiger partial charge in [-0.25, -0.2) is 4.39 Å². The van der Waals surface area contributed by atoms with Gasteiger partial charge in [-0.2, -0.15) is 0 Å². The molecule has 0 aromatic heterocycles. The van der Waals surface area contributed by atoms with E-state index in [0.29, 0.717) is 5.92 Å². The summed E-state index contributed by atoms with van der Waals surface area (Å²) in [5.74, 6) is 1.56. The van der Waals surface area contributed by atoms with Gasteiger partial charge >= 0.3 is 0 Å². The van der Waals surface area contributed by atoms with Gasteiger partial charge in [-0.05, 0) is 66.7 Å². The summed E-state index contributed by atoms with van der Waals surface area (Å²) >= 11 is 0. The molecule has 0 radical (unpaired) electrons. The van der Waals surface area contributed by atoms with Crippen molar-refractivity contribution in [1.82, 2.24) is 0 Å². The van der Waals surface area contributed by atoms with Crippen molar-refractivity contribution in [2.24, 2.45) is 5.92 Å². The Bertz CT molecular complexity index is 418. The molecular weight excluding hydrogens is 211 g/mol. The molecule has 0 heterocycles. The molecule has 1 atom stereocenters. The van der Waals surface area contributed by atoms with E-state index in [-0.39, 0.29) is 5.82 Å². The van der Waals surface area contributed by atoms with Crippen molar-refractivity contribution >= 4 is 0 Å². The highest BCUT2D eigenvalue weighted by Gasteiger charge is 2.24. The Labute approximate surface area is 103 Å². The van der Waals surface area contributed by atoms with Gasteiger partial charge in [0.2, 0.25) is 0 Å². The Kier molecular flexibility index (Phi) is 2.94. The molecular formula is C16H21F. The third-order valence-electron chi connectivity index (χ3n) is 4.50. The third kappa shape index (κ3) is 2.25. The first-order valence-electron chi connectivity index (χ1n) is 7.06. The third-order valence-corrected chi connectivity index (χ3v) is 4.50. The van der Waals surface area contributed by atoms with Crippen LogP contribution in [0.1, 0.15) is 61.6 Å². The Morgan fingerprint density at radius 3 is 2.82 bits per heavy atom. The van der Waals surface area contributed by atoms with E-state index in [1.54, 1.807) is 6.07 Å². The van der Waals surface area contributed by atoms with Gasteiger partial charge in [-0.3, -0.25) is 0 Å². The molecule has 17 heavy (non-hydrogen) atoms. The molecule has 1 heteroatoms. The largest absolute Gasteiger partial charge is 0.207 e. The monoisotopic (exact) mass is 232 g/mol. The SMILES string of the molecule is C[C@@H]1CCCc2c1ccc(F)c2CCC1CC1. The van der Waals surface area contributed by atoms with Gasteiger partial charge in [-0.1, -0.05) is 25.8 Å². The van der Waals surface area contributed by atoms with Crippen molar-refractivity contribution < 1.29 is 4.39 Å². The van der Waals surface area contributed by atoms with E-state index in [1.165, 1.54) is 43.2 Å². The second-order valence-corrected chi connectivity index (χ2v) is 5.87. The predicted molar refractivity (Wildman–Crippen MR) is 68.8 cm³/mol. The van der Waals surface area contributed by atoms with Crippen molar-refractivity contribution in [2.75, 3.05) is 0 Å². The zero-order valence-corrected chi connectivity index (χ0v) is 10.6. The van der Waals surface area contributed by atoms with Crippen LogP contribution in [0.15, 0.2) is 12.1 Å². The van der Waals surface area contributed by atoms with Gasteiger partial charge in [0, 0.05) is 0 Å². The minimum atomic E-state index is 0.0403. The van der Waals surface area contributed by atoms with Crippen LogP contribution in [-0.4, -0.2) is 0 Å². The van der Waals surface area contributed by atoms with Crippen LogP contribution in [0.2, 0.25) is 0 Å². The number of rotatable bonds is 3. The normalized spacial score (nSPS) is 23.5. The lowest BCUT2D eigenvalue weighted by Crippen LogP contribution is -2.11. The molecule has 1 saturated carbocycles. The van der Waals surface area contributed by atoms with E-state index in [4.69, 9.17) is 0 Å². The van der Waals surface area contributed by atoms with Gasteiger partial charge in [0.1, 0.15) is 5.82 Å². The van der Waals surface area contributed by atoms with E-state index in [9.17, 15) is 4.39 Å². The number of benzene rings is 1. The van der Waals surface area contributed by atoms with Gasteiger partial charge in [0.05, 0.1) is 0 Å². The standard InChI is InChI=1S/C16H21F/c1-11-3-2-4-14-13(11)9-10-16(17)15(14)8-7-12-5-6-12/h9-12H,2-8H2,1H3/t11-/m1/s1. The molecule has 1 fully saturated rings. The molecule has 0 spiro atoms. The summed E-state index contributed by atoms with van der Waals surface area (Å²) in [5, 5.41) is 0. The van der Waals surface area contributed by atoms with Crippen molar-refractivity contribution in [2.45, 2.75) is 57.8 Å². The number of halogens is 1. The molecule has 0 unspecified atom stereocenters. The van der Waals surface area contributed by atoms with Gasteiger partial charge in [0.15, 0.2) is 0 Å². The summed E-state index contributed by atoms with van der Waals surface area (Å²) in [7, 11) is 0. The molecule has 92 valence electrons. The van der Waals surface area contributed by atoms with Crippen LogP contribution < -0.4 is 0 Å². The van der Waals surface area contributed by atoms with Crippen molar-refractivity contribution in [3.63, 3.8) is 0 Å². The quantitative estimate of drug-likeness (QED) is 0.714. The topological polar surface area (TPSA) is 0 Å². The van der Waals surface area contributed by atoms with Crippen LogP contribution in [0.5, 0.6) is 0 Å². The fraction of sp³-hybridized carbons (Fsp3) is 0.625. The molecule has 0 nitrogen and oxygen atoms in total. The molecule has 2 aliphatic carbocycles. The van der Waals surface area contributed by atoms with Gasteiger partial charge in [-0.15, -0.1) is 0 Å². The van der Waals surface area contributed by atoms with E-state index in [1.807, 2.05) is 6.07 Å². The fourth-order valence-corrected chi connectivity index (χ4v) is 3.21. The molecule has 0 amide bonds. The average Bonchev–Trinajstić information content (AvgIpc) is 3.12.